The first-order valence-electron chi connectivity index (χ1n) is 5.58. The van der Waals surface area contributed by atoms with Gasteiger partial charge >= 0.3 is 5.97 Å². The molecule has 1 fully saturated rings. The molecule has 4 heteroatoms. The molecule has 1 N–H and O–H groups in total. The van der Waals surface area contributed by atoms with E-state index in [1.807, 2.05) is 30.2 Å². The molecule has 16 heavy (non-hydrogen) atoms. The van der Waals surface area contributed by atoms with Crippen LogP contribution in [0, 0.1) is 0 Å². The summed E-state index contributed by atoms with van der Waals surface area (Å²) in [5.74, 6) is -0.715. The summed E-state index contributed by atoms with van der Waals surface area (Å²) in [5, 5.41) is 9.12. The van der Waals surface area contributed by atoms with Gasteiger partial charge in [0.05, 0.1) is 0 Å². The van der Waals surface area contributed by atoms with Crippen molar-refractivity contribution in [1.29, 1.82) is 0 Å². The summed E-state index contributed by atoms with van der Waals surface area (Å²) in [5.41, 5.74) is 1.08. The maximum absolute atomic E-state index is 11.1. The standard InChI is InChI=1S/C12H16N2O2/c1-9(10-4-2-6-13-8-10)14-7-3-5-11(14)12(15)16/h2,4,6,8-9,11H,3,5,7H2,1H3,(H,15,16). The van der Waals surface area contributed by atoms with Crippen molar-refractivity contribution < 1.29 is 9.90 Å². The lowest BCUT2D eigenvalue weighted by Gasteiger charge is -2.28. The number of carboxylic acids is 1. The van der Waals surface area contributed by atoms with E-state index in [1.165, 1.54) is 0 Å². The van der Waals surface area contributed by atoms with Crippen molar-refractivity contribution in [2.45, 2.75) is 31.8 Å². The molecule has 0 saturated carbocycles. The third kappa shape index (κ3) is 2.07. The van der Waals surface area contributed by atoms with Crippen LogP contribution in [0.5, 0.6) is 0 Å². The Morgan fingerprint density at radius 1 is 1.69 bits per heavy atom. The van der Waals surface area contributed by atoms with Crippen molar-refractivity contribution in [3.63, 3.8) is 0 Å². The molecule has 0 aromatic carbocycles. The molecule has 1 aromatic heterocycles. The Hall–Kier alpha value is -1.42. The summed E-state index contributed by atoms with van der Waals surface area (Å²) >= 11 is 0. The lowest BCUT2D eigenvalue weighted by Crippen LogP contribution is -2.37. The van der Waals surface area contributed by atoms with Crippen molar-refractivity contribution in [1.82, 2.24) is 9.88 Å². The van der Waals surface area contributed by atoms with E-state index < -0.39 is 5.97 Å². The number of carboxylic acid groups (broad SMARTS) is 1. The van der Waals surface area contributed by atoms with Gasteiger partial charge in [0, 0.05) is 18.4 Å². The van der Waals surface area contributed by atoms with Crippen molar-refractivity contribution >= 4 is 5.97 Å². The fourth-order valence-corrected chi connectivity index (χ4v) is 2.33. The van der Waals surface area contributed by atoms with Gasteiger partial charge in [-0.2, -0.15) is 0 Å². The predicted octanol–water partition coefficient (Wildman–Crippen LogP) is 1.69. The maximum atomic E-state index is 11.1. The van der Waals surface area contributed by atoms with E-state index >= 15 is 0 Å². The zero-order valence-corrected chi connectivity index (χ0v) is 9.34. The second kappa shape index (κ2) is 4.61. The molecule has 1 saturated heterocycles. The summed E-state index contributed by atoms with van der Waals surface area (Å²) in [6, 6.07) is 3.67. The number of hydrogen-bond donors (Lipinski definition) is 1. The molecule has 86 valence electrons. The third-order valence-corrected chi connectivity index (χ3v) is 3.24. The second-order valence-corrected chi connectivity index (χ2v) is 4.20. The Balaban J connectivity index is 2.15. The summed E-state index contributed by atoms with van der Waals surface area (Å²) in [6.45, 7) is 2.89. The molecule has 0 bridgehead atoms. The van der Waals surface area contributed by atoms with Crippen molar-refractivity contribution in [2.75, 3.05) is 6.54 Å². The van der Waals surface area contributed by atoms with Crippen molar-refractivity contribution in [3.8, 4) is 0 Å². The molecule has 1 aromatic rings. The number of likely N-dealkylation sites (tertiary alicyclic amines) is 1. The zero-order valence-electron chi connectivity index (χ0n) is 9.34. The Morgan fingerprint density at radius 2 is 2.50 bits per heavy atom. The average molecular weight is 220 g/mol. The predicted molar refractivity (Wildman–Crippen MR) is 60.0 cm³/mol. The van der Waals surface area contributed by atoms with E-state index in [2.05, 4.69) is 4.98 Å². The van der Waals surface area contributed by atoms with Crippen LogP contribution >= 0.6 is 0 Å². The zero-order chi connectivity index (χ0) is 11.5. The van der Waals surface area contributed by atoms with E-state index in [1.54, 1.807) is 6.20 Å². The molecular formula is C12H16N2O2. The van der Waals surface area contributed by atoms with Gasteiger partial charge in [0.25, 0.3) is 0 Å². The van der Waals surface area contributed by atoms with Gasteiger partial charge in [-0.25, -0.2) is 0 Å². The van der Waals surface area contributed by atoms with Gasteiger partial charge in [-0.3, -0.25) is 14.7 Å². The first-order chi connectivity index (χ1) is 7.70. The normalized spacial score (nSPS) is 23.2. The lowest BCUT2D eigenvalue weighted by molar-refractivity contribution is -0.142. The van der Waals surface area contributed by atoms with Crippen LogP contribution in [0.15, 0.2) is 24.5 Å². The molecule has 0 spiro atoms. The van der Waals surface area contributed by atoms with Crippen LogP contribution in [0.1, 0.15) is 31.4 Å². The molecule has 0 amide bonds. The highest BCUT2D eigenvalue weighted by Gasteiger charge is 2.33. The van der Waals surface area contributed by atoms with Gasteiger partial charge in [-0.05, 0) is 37.9 Å². The molecule has 1 aliphatic rings. The van der Waals surface area contributed by atoms with Crippen LogP contribution in [0.4, 0.5) is 0 Å². The van der Waals surface area contributed by atoms with Gasteiger partial charge in [-0.1, -0.05) is 6.07 Å². The van der Waals surface area contributed by atoms with Crippen LogP contribution in [-0.2, 0) is 4.79 Å². The maximum Gasteiger partial charge on any atom is 0.320 e. The van der Waals surface area contributed by atoms with Gasteiger partial charge in [0.15, 0.2) is 0 Å². The van der Waals surface area contributed by atoms with Crippen LogP contribution < -0.4 is 0 Å². The van der Waals surface area contributed by atoms with E-state index in [-0.39, 0.29) is 12.1 Å². The Labute approximate surface area is 94.9 Å². The first kappa shape index (κ1) is 11.1. The van der Waals surface area contributed by atoms with Crippen LogP contribution in [0.3, 0.4) is 0 Å². The minimum Gasteiger partial charge on any atom is -0.480 e. The number of nitrogens with zero attached hydrogens (tertiary/aromatic N) is 2. The average Bonchev–Trinajstić information content (AvgIpc) is 2.78. The largest absolute Gasteiger partial charge is 0.480 e. The van der Waals surface area contributed by atoms with Gasteiger partial charge in [-0.15, -0.1) is 0 Å². The molecular weight excluding hydrogens is 204 g/mol. The molecule has 2 atom stereocenters. The van der Waals surface area contributed by atoms with Gasteiger partial charge < -0.3 is 5.11 Å². The molecule has 0 radical (unpaired) electrons. The highest BCUT2D eigenvalue weighted by molar-refractivity contribution is 5.73. The SMILES string of the molecule is CC(c1cccnc1)N1CCCC1C(=O)O. The van der Waals surface area contributed by atoms with Gasteiger partial charge in [0.2, 0.25) is 0 Å². The highest BCUT2D eigenvalue weighted by Crippen LogP contribution is 2.28. The minimum atomic E-state index is -0.715. The highest BCUT2D eigenvalue weighted by atomic mass is 16.4. The van der Waals surface area contributed by atoms with E-state index in [9.17, 15) is 4.79 Å². The number of pyridine rings is 1. The van der Waals surface area contributed by atoms with Crippen LogP contribution in [0.2, 0.25) is 0 Å². The fourth-order valence-electron chi connectivity index (χ4n) is 2.33. The molecule has 0 aliphatic carbocycles. The fraction of sp³-hybridized carbons (Fsp3) is 0.500. The van der Waals surface area contributed by atoms with E-state index in [4.69, 9.17) is 5.11 Å². The number of aliphatic carboxylic acids is 1. The number of carbonyl (C=O) groups is 1. The molecule has 4 nitrogen and oxygen atoms in total. The molecule has 2 rings (SSSR count). The minimum absolute atomic E-state index is 0.122. The smallest absolute Gasteiger partial charge is 0.320 e. The second-order valence-electron chi connectivity index (χ2n) is 4.20. The molecule has 1 aliphatic heterocycles. The Morgan fingerprint density at radius 3 is 3.12 bits per heavy atom. The number of rotatable bonds is 3. The summed E-state index contributed by atoms with van der Waals surface area (Å²) in [7, 11) is 0. The Kier molecular flexibility index (Phi) is 3.19. The van der Waals surface area contributed by atoms with Crippen molar-refractivity contribution in [2.24, 2.45) is 0 Å². The van der Waals surface area contributed by atoms with Crippen LogP contribution in [0.25, 0.3) is 0 Å². The molecule has 2 unspecified atom stereocenters. The van der Waals surface area contributed by atoms with E-state index in [0.29, 0.717) is 0 Å². The number of hydrogen-bond acceptors (Lipinski definition) is 3. The van der Waals surface area contributed by atoms with Gasteiger partial charge in [0.1, 0.15) is 6.04 Å². The van der Waals surface area contributed by atoms with Crippen LogP contribution in [-0.4, -0.2) is 33.5 Å². The first-order valence-corrected chi connectivity index (χ1v) is 5.58. The third-order valence-electron chi connectivity index (χ3n) is 3.24. The van der Waals surface area contributed by atoms with E-state index in [0.717, 1.165) is 24.9 Å². The van der Waals surface area contributed by atoms with Crippen molar-refractivity contribution in [3.05, 3.63) is 30.1 Å². The Bertz CT molecular complexity index is 367. The lowest BCUT2D eigenvalue weighted by atomic mass is 10.1. The topological polar surface area (TPSA) is 53.4 Å². The monoisotopic (exact) mass is 220 g/mol. The number of aromatic nitrogens is 1. The summed E-state index contributed by atoms with van der Waals surface area (Å²) in [4.78, 5) is 17.2. The quantitative estimate of drug-likeness (QED) is 0.842. The molecule has 2 heterocycles. The summed E-state index contributed by atoms with van der Waals surface area (Å²) < 4.78 is 0. The summed E-state index contributed by atoms with van der Waals surface area (Å²) in [6.07, 6.45) is 5.25.